The Balaban J connectivity index is 1.23. The number of halogens is 2. The van der Waals surface area contributed by atoms with Crippen LogP contribution in [0.5, 0.6) is 5.75 Å². The van der Waals surface area contributed by atoms with E-state index >= 15 is 0 Å². The number of fused-ring (bicyclic) bond motifs is 1. The molecule has 0 bridgehead atoms. The molecule has 0 atom stereocenters. The van der Waals surface area contributed by atoms with Crippen molar-refractivity contribution in [3.05, 3.63) is 94.0 Å². The van der Waals surface area contributed by atoms with Crippen LogP contribution < -0.4 is 4.74 Å². The number of imidazole rings is 1. The van der Waals surface area contributed by atoms with Crippen LogP contribution in [0, 0.1) is 12.7 Å². The standard InChI is InChI=1S/C28H29ClFN3O/c1-19-7-10-25-26(15-19)32(2)28(31-25)17-33-13-11-20(12-14-33)23-5-3-4-6-27(23)34-18-21-8-9-22(29)16-24(21)30/h3-10,15-16,20H,11-14,17-18H2,1-2H3. The lowest BCUT2D eigenvalue weighted by Gasteiger charge is -2.32. The molecule has 1 aromatic heterocycles. The van der Waals surface area contributed by atoms with Crippen LogP contribution in [-0.2, 0) is 20.2 Å². The Morgan fingerprint density at radius 3 is 2.65 bits per heavy atom. The minimum Gasteiger partial charge on any atom is -0.489 e. The Kier molecular flexibility index (Phi) is 6.57. The van der Waals surface area contributed by atoms with E-state index in [0.29, 0.717) is 16.5 Å². The normalized spacial score (nSPS) is 15.2. The number of hydrogen-bond acceptors (Lipinski definition) is 3. The molecular weight excluding hydrogens is 449 g/mol. The summed E-state index contributed by atoms with van der Waals surface area (Å²) in [5.74, 6) is 2.02. The van der Waals surface area contributed by atoms with E-state index in [4.69, 9.17) is 21.3 Å². The molecule has 0 unspecified atom stereocenters. The fourth-order valence-corrected chi connectivity index (χ4v) is 5.00. The van der Waals surface area contributed by atoms with Gasteiger partial charge in [-0.25, -0.2) is 9.37 Å². The van der Waals surface area contributed by atoms with Crippen LogP contribution in [0.2, 0.25) is 5.02 Å². The number of likely N-dealkylation sites (tertiary alicyclic amines) is 1. The van der Waals surface area contributed by atoms with Crippen molar-refractivity contribution in [3.63, 3.8) is 0 Å². The third kappa shape index (κ3) is 4.82. The number of hydrogen-bond donors (Lipinski definition) is 0. The molecule has 0 N–H and O–H groups in total. The zero-order chi connectivity index (χ0) is 23.7. The number of piperidine rings is 1. The maximum Gasteiger partial charge on any atom is 0.131 e. The average Bonchev–Trinajstić information content (AvgIpc) is 3.14. The van der Waals surface area contributed by atoms with Gasteiger partial charge in [-0.1, -0.05) is 41.9 Å². The molecule has 5 rings (SSSR count). The molecule has 6 heteroatoms. The van der Waals surface area contributed by atoms with Crippen LogP contribution in [0.3, 0.4) is 0 Å². The Morgan fingerprint density at radius 2 is 1.85 bits per heavy atom. The van der Waals surface area contributed by atoms with Gasteiger partial charge in [-0.3, -0.25) is 4.90 Å². The second kappa shape index (κ2) is 9.77. The first-order valence-electron chi connectivity index (χ1n) is 11.8. The van der Waals surface area contributed by atoms with Crippen molar-refractivity contribution in [3.8, 4) is 5.75 Å². The van der Waals surface area contributed by atoms with Crippen LogP contribution in [0.4, 0.5) is 4.39 Å². The molecule has 0 saturated carbocycles. The molecule has 34 heavy (non-hydrogen) atoms. The lowest BCUT2D eigenvalue weighted by atomic mass is 9.89. The smallest absolute Gasteiger partial charge is 0.131 e. The van der Waals surface area contributed by atoms with Crippen LogP contribution in [0.1, 0.15) is 41.3 Å². The van der Waals surface area contributed by atoms with Crippen molar-refractivity contribution in [1.29, 1.82) is 0 Å². The van der Waals surface area contributed by atoms with E-state index in [0.717, 1.165) is 49.6 Å². The molecule has 4 nitrogen and oxygen atoms in total. The van der Waals surface area contributed by atoms with Gasteiger partial charge >= 0.3 is 0 Å². The third-order valence-electron chi connectivity index (χ3n) is 6.84. The van der Waals surface area contributed by atoms with Gasteiger partial charge in [0.05, 0.1) is 17.6 Å². The Labute approximate surface area is 204 Å². The van der Waals surface area contributed by atoms with Crippen molar-refractivity contribution in [2.75, 3.05) is 13.1 Å². The molecule has 4 aromatic rings. The minimum absolute atomic E-state index is 0.186. The van der Waals surface area contributed by atoms with E-state index in [-0.39, 0.29) is 12.4 Å². The van der Waals surface area contributed by atoms with Crippen LogP contribution in [-0.4, -0.2) is 27.5 Å². The number of benzene rings is 3. The second-order valence-corrected chi connectivity index (χ2v) is 9.63. The number of nitrogens with zero attached hydrogens (tertiary/aromatic N) is 3. The summed E-state index contributed by atoms with van der Waals surface area (Å²) in [6, 6.07) is 19.3. The van der Waals surface area contributed by atoms with Gasteiger partial charge in [0.1, 0.15) is 24.0 Å². The number of aromatic nitrogens is 2. The fourth-order valence-electron chi connectivity index (χ4n) is 4.84. The quantitative estimate of drug-likeness (QED) is 0.312. The van der Waals surface area contributed by atoms with Crippen molar-refractivity contribution in [1.82, 2.24) is 14.5 Å². The summed E-state index contributed by atoms with van der Waals surface area (Å²) in [6.45, 7) is 5.17. The maximum absolute atomic E-state index is 14.2. The Morgan fingerprint density at radius 1 is 1.06 bits per heavy atom. The van der Waals surface area contributed by atoms with E-state index < -0.39 is 0 Å². The molecule has 0 aliphatic carbocycles. The zero-order valence-electron chi connectivity index (χ0n) is 19.6. The monoisotopic (exact) mass is 477 g/mol. The summed E-state index contributed by atoms with van der Waals surface area (Å²) in [6.07, 6.45) is 2.11. The first kappa shape index (κ1) is 22.9. The van der Waals surface area contributed by atoms with E-state index in [9.17, 15) is 4.39 Å². The van der Waals surface area contributed by atoms with E-state index in [1.807, 2.05) is 12.1 Å². The van der Waals surface area contributed by atoms with E-state index in [2.05, 4.69) is 53.8 Å². The molecule has 0 radical (unpaired) electrons. The predicted molar refractivity (Wildman–Crippen MR) is 135 cm³/mol. The van der Waals surface area contributed by atoms with Crippen LogP contribution >= 0.6 is 11.6 Å². The minimum atomic E-state index is -0.338. The number of para-hydroxylation sites is 1. The molecule has 0 spiro atoms. The fraction of sp³-hybridized carbons (Fsp3) is 0.321. The highest BCUT2D eigenvalue weighted by Crippen LogP contribution is 2.35. The van der Waals surface area contributed by atoms with Crippen LogP contribution in [0.25, 0.3) is 11.0 Å². The highest BCUT2D eigenvalue weighted by Gasteiger charge is 2.24. The molecule has 0 amide bonds. The highest BCUT2D eigenvalue weighted by atomic mass is 35.5. The molecule has 176 valence electrons. The van der Waals surface area contributed by atoms with Gasteiger partial charge in [0.25, 0.3) is 0 Å². The molecular formula is C28H29ClFN3O. The summed E-state index contributed by atoms with van der Waals surface area (Å²) < 4.78 is 22.5. The molecule has 1 aliphatic heterocycles. The zero-order valence-corrected chi connectivity index (χ0v) is 20.4. The molecule has 3 aromatic carbocycles. The van der Waals surface area contributed by atoms with E-state index in [1.54, 1.807) is 12.1 Å². The topological polar surface area (TPSA) is 30.3 Å². The SMILES string of the molecule is Cc1ccc2nc(CN3CCC(c4ccccc4OCc4ccc(Cl)cc4F)CC3)n(C)c2c1. The Bertz CT molecular complexity index is 1310. The first-order valence-corrected chi connectivity index (χ1v) is 12.2. The van der Waals surface area contributed by atoms with Gasteiger partial charge < -0.3 is 9.30 Å². The molecule has 2 heterocycles. The number of ether oxygens (including phenoxy) is 1. The number of rotatable bonds is 6. The van der Waals surface area contributed by atoms with Crippen molar-refractivity contribution >= 4 is 22.6 Å². The maximum atomic E-state index is 14.2. The van der Waals surface area contributed by atoms with Gasteiger partial charge in [0, 0.05) is 17.6 Å². The summed E-state index contributed by atoms with van der Waals surface area (Å²) in [4.78, 5) is 7.35. The summed E-state index contributed by atoms with van der Waals surface area (Å²) in [5, 5.41) is 0.391. The van der Waals surface area contributed by atoms with Gasteiger partial charge in [-0.05, 0) is 80.2 Å². The average molecular weight is 478 g/mol. The van der Waals surface area contributed by atoms with Crippen LogP contribution in [0.15, 0.2) is 60.7 Å². The highest BCUT2D eigenvalue weighted by molar-refractivity contribution is 6.30. The van der Waals surface area contributed by atoms with Gasteiger partial charge in [-0.15, -0.1) is 0 Å². The predicted octanol–water partition coefficient (Wildman–Crippen LogP) is 6.63. The largest absolute Gasteiger partial charge is 0.489 e. The summed E-state index contributed by atoms with van der Waals surface area (Å²) in [5.41, 5.74) is 5.21. The van der Waals surface area contributed by atoms with Gasteiger partial charge in [-0.2, -0.15) is 0 Å². The van der Waals surface area contributed by atoms with E-state index in [1.165, 1.54) is 22.7 Å². The third-order valence-corrected chi connectivity index (χ3v) is 7.07. The molecule has 1 saturated heterocycles. The summed E-state index contributed by atoms with van der Waals surface area (Å²) in [7, 11) is 2.11. The van der Waals surface area contributed by atoms with Gasteiger partial charge in [0.15, 0.2) is 0 Å². The van der Waals surface area contributed by atoms with Gasteiger partial charge in [0.2, 0.25) is 0 Å². The molecule has 1 fully saturated rings. The lowest BCUT2D eigenvalue weighted by molar-refractivity contribution is 0.196. The lowest BCUT2D eigenvalue weighted by Crippen LogP contribution is -2.33. The first-order chi connectivity index (χ1) is 16.5. The van der Waals surface area contributed by atoms with Crippen molar-refractivity contribution < 1.29 is 9.13 Å². The summed E-state index contributed by atoms with van der Waals surface area (Å²) >= 11 is 5.87. The van der Waals surface area contributed by atoms with Crippen molar-refractivity contribution in [2.45, 2.75) is 38.8 Å². The number of aryl methyl sites for hydroxylation is 2. The molecule has 1 aliphatic rings. The van der Waals surface area contributed by atoms with Crippen molar-refractivity contribution in [2.24, 2.45) is 7.05 Å². The second-order valence-electron chi connectivity index (χ2n) is 9.19. The Hall–Kier alpha value is -2.89.